The Labute approximate surface area is 107 Å². The van der Waals surface area contributed by atoms with E-state index in [0.29, 0.717) is 0 Å². The van der Waals surface area contributed by atoms with E-state index in [4.69, 9.17) is 9.47 Å². The topological polar surface area (TPSA) is 18.5 Å². The predicted molar refractivity (Wildman–Crippen MR) is 74.2 cm³/mol. The summed E-state index contributed by atoms with van der Waals surface area (Å²) in [6, 6.07) is 0. The molecule has 1 unspecified atom stereocenters. The van der Waals surface area contributed by atoms with Gasteiger partial charge in [0.25, 0.3) is 0 Å². The maximum Gasteiger partial charge on any atom is 0.154 e. The molecule has 0 aliphatic heterocycles. The average Bonchev–Trinajstić information content (AvgIpc) is 2.32. The zero-order valence-corrected chi connectivity index (χ0v) is 11.7. The van der Waals surface area contributed by atoms with Gasteiger partial charge in [0, 0.05) is 13.2 Å². The number of unbranched alkanes of at least 4 members (excludes halogenated alkanes) is 7. The van der Waals surface area contributed by atoms with E-state index >= 15 is 0 Å². The zero-order valence-electron chi connectivity index (χ0n) is 11.7. The summed E-state index contributed by atoms with van der Waals surface area (Å²) in [6.45, 7) is 9.24. The van der Waals surface area contributed by atoms with Crippen LogP contribution in [0.2, 0.25) is 0 Å². The first-order chi connectivity index (χ1) is 8.31. The molecular weight excluding hydrogens is 212 g/mol. The Kier molecular flexibility index (Phi) is 13.4. The Morgan fingerprint density at radius 2 is 1.53 bits per heavy atom. The first-order valence-electron chi connectivity index (χ1n) is 7.15. The minimum absolute atomic E-state index is 0.0427. The van der Waals surface area contributed by atoms with Gasteiger partial charge in [0.15, 0.2) is 6.29 Å². The fraction of sp³-hybridized carbons (Fsp3) is 0.867. The van der Waals surface area contributed by atoms with Crippen LogP contribution in [0.3, 0.4) is 0 Å². The maximum absolute atomic E-state index is 5.51. The Bertz CT molecular complexity index is 157. The van der Waals surface area contributed by atoms with E-state index in [-0.39, 0.29) is 6.29 Å². The maximum atomic E-state index is 5.51. The van der Waals surface area contributed by atoms with Gasteiger partial charge >= 0.3 is 0 Å². The van der Waals surface area contributed by atoms with Crippen LogP contribution in [0.5, 0.6) is 0 Å². The van der Waals surface area contributed by atoms with Crippen molar-refractivity contribution in [1.29, 1.82) is 0 Å². The van der Waals surface area contributed by atoms with Crippen molar-refractivity contribution in [3.8, 4) is 0 Å². The molecule has 2 nitrogen and oxygen atoms in total. The third-order valence-electron chi connectivity index (χ3n) is 2.81. The van der Waals surface area contributed by atoms with E-state index < -0.39 is 0 Å². The molecule has 0 aromatic rings. The number of rotatable bonds is 13. The molecule has 0 N–H and O–H groups in total. The van der Waals surface area contributed by atoms with Gasteiger partial charge in [-0.2, -0.15) is 0 Å². The van der Waals surface area contributed by atoms with E-state index in [9.17, 15) is 0 Å². The Morgan fingerprint density at radius 3 is 2.12 bits per heavy atom. The van der Waals surface area contributed by atoms with Crippen LogP contribution in [0.15, 0.2) is 12.7 Å². The molecule has 1 atom stereocenters. The molecule has 0 amide bonds. The van der Waals surface area contributed by atoms with Crippen LogP contribution in [0, 0.1) is 0 Å². The molecule has 0 fully saturated rings. The molecule has 2 heteroatoms. The lowest BCUT2D eigenvalue weighted by atomic mass is 10.1. The summed E-state index contributed by atoms with van der Waals surface area (Å²) in [5, 5.41) is 0. The fourth-order valence-electron chi connectivity index (χ4n) is 1.81. The van der Waals surface area contributed by atoms with Gasteiger partial charge in [0.1, 0.15) is 0 Å². The van der Waals surface area contributed by atoms with Crippen molar-refractivity contribution in [2.45, 2.75) is 71.5 Å². The minimum Gasteiger partial charge on any atom is -0.353 e. The highest BCUT2D eigenvalue weighted by Crippen LogP contribution is 2.09. The quantitative estimate of drug-likeness (QED) is 0.265. The van der Waals surface area contributed by atoms with Crippen molar-refractivity contribution in [3.05, 3.63) is 12.7 Å². The van der Waals surface area contributed by atoms with Crippen LogP contribution in [-0.4, -0.2) is 19.5 Å². The predicted octanol–water partition coefficient (Wildman–Crippen LogP) is 4.69. The SMILES string of the molecule is C=CCCCCCCCCCOC(C)OCC. The average molecular weight is 242 g/mol. The summed E-state index contributed by atoms with van der Waals surface area (Å²) in [6.07, 6.45) is 12.3. The summed E-state index contributed by atoms with van der Waals surface area (Å²) < 4.78 is 10.8. The molecule has 0 aliphatic carbocycles. The Hall–Kier alpha value is -0.340. The number of hydrogen-bond acceptors (Lipinski definition) is 2. The Balaban J connectivity index is 3.00. The molecule has 0 aromatic heterocycles. The van der Waals surface area contributed by atoms with E-state index in [1.165, 1.54) is 44.9 Å². The highest BCUT2D eigenvalue weighted by atomic mass is 16.7. The first-order valence-corrected chi connectivity index (χ1v) is 7.15. The third-order valence-corrected chi connectivity index (χ3v) is 2.81. The summed E-state index contributed by atoms with van der Waals surface area (Å²) in [7, 11) is 0. The van der Waals surface area contributed by atoms with Gasteiger partial charge in [-0.15, -0.1) is 6.58 Å². The van der Waals surface area contributed by atoms with Gasteiger partial charge in [0.05, 0.1) is 0 Å². The van der Waals surface area contributed by atoms with Gasteiger partial charge in [-0.25, -0.2) is 0 Å². The van der Waals surface area contributed by atoms with Crippen LogP contribution in [-0.2, 0) is 9.47 Å². The van der Waals surface area contributed by atoms with Gasteiger partial charge in [0.2, 0.25) is 0 Å². The van der Waals surface area contributed by atoms with E-state index in [1.807, 2.05) is 19.9 Å². The molecule has 0 radical (unpaired) electrons. The lowest BCUT2D eigenvalue weighted by Gasteiger charge is -2.12. The third kappa shape index (κ3) is 13.6. The van der Waals surface area contributed by atoms with Gasteiger partial charge in [-0.1, -0.05) is 38.2 Å². The molecule has 0 rings (SSSR count). The lowest BCUT2D eigenvalue weighted by molar-refractivity contribution is -0.127. The molecule has 0 bridgehead atoms. The summed E-state index contributed by atoms with van der Waals surface area (Å²) in [5.41, 5.74) is 0. The zero-order chi connectivity index (χ0) is 12.8. The second-order valence-electron chi connectivity index (χ2n) is 4.45. The van der Waals surface area contributed by atoms with Crippen LogP contribution >= 0.6 is 0 Å². The minimum atomic E-state index is -0.0427. The summed E-state index contributed by atoms with van der Waals surface area (Å²) >= 11 is 0. The Morgan fingerprint density at radius 1 is 0.941 bits per heavy atom. The monoisotopic (exact) mass is 242 g/mol. The molecule has 0 saturated carbocycles. The van der Waals surface area contributed by atoms with Crippen LogP contribution < -0.4 is 0 Å². The summed E-state index contributed by atoms with van der Waals surface area (Å²) in [5.74, 6) is 0. The highest BCUT2D eigenvalue weighted by molar-refractivity contribution is 4.65. The first kappa shape index (κ1) is 16.7. The molecule has 0 heterocycles. The number of ether oxygens (including phenoxy) is 2. The van der Waals surface area contributed by atoms with Crippen molar-refractivity contribution in [2.75, 3.05) is 13.2 Å². The second-order valence-corrected chi connectivity index (χ2v) is 4.45. The molecule has 17 heavy (non-hydrogen) atoms. The fourth-order valence-corrected chi connectivity index (χ4v) is 1.81. The van der Waals surface area contributed by atoms with E-state index in [2.05, 4.69) is 6.58 Å². The summed E-state index contributed by atoms with van der Waals surface area (Å²) in [4.78, 5) is 0. The van der Waals surface area contributed by atoms with Crippen LogP contribution in [0.1, 0.15) is 65.2 Å². The molecule has 0 saturated heterocycles. The van der Waals surface area contributed by atoms with Crippen molar-refractivity contribution < 1.29 is 9.47 Å². The molecule has 102 valence electrons. The van der Waals surface area contributed by atoms with E-state index in [0.717, 1.165) is 19.6 Å². The molecule has 0 aromatic carbocycles. The van der Waals surface area contributed by atoms with Crippen LogP contribution in [0.4, 0.5) is 0 Å². The van der Waals surface area contributed by atoms with Crippen molar-refractivity contribution in [1.82, 2.24) is 0 Å². The largest absolute Gasteiger partial charge is 0.353 e. The lowest BCUT2D eigenvalue weighted by Crippen LogP contribution is -2.13. The van der Waals surface area contributed by atoms with Crippen LogP contribution in [0.25, 0.3) is 0 Å². The molecule has 0 spiro atoms. The van der Waals surface area contributed by atoms with Crippen molar-refractivity contribution in [2.24, 2.45) is 0 Å². The second kappa shape index (κ2) is 13.7. The standard InChI is InChI=1S/C15H30O2/c1-4-6-7-8-9-10-11-12-13-14-17-15(3)16-5-2/h4,15H,1,5-14H2,2-3H3. The van der Waals surface area contributed by atoms with Crippen molar-refractivity contribution in [3.63, 3.8) is 0 Å². The normalized spacial score (nSPS) is 12.6. The number of hydrogen-bond donors (Lipinski definition) is 0. The van der Waals surface area contributed by atoms with E-state index in [1.54, 1.807) is 0 Å². The van der Waals surface area contributed by atoms with Gasteiger partial charge in [-0.05, 0) is 33.1 Å². The molecular formula is C15H30O2. The van der Waals surface area contributed by atoms with Gasteiger partial charge < -0.3 is 9.47 Å². The number of allylic oxidation sites excluding steroid dienone is 1. The smallest absolute Gasteiger partial charge is 0.154 e. The highest BCUT2D eigenvalue weighted by Gasteiger charge is 1.99. The van der Waals surface area contributed by atoms with Crippen molar-refractivity contribution >= 4 is 0 Å². The molecule has 0 aliphatic rings. The van der Waals surface area contributed by atoms with Gasteiger partial charge in [-0.3, -0.25) is 0 Å².